The van der Waals surface area contributed by atoms with Gasteiger partial charge in [-0.2, -0.15) is 0 Å². The Kier molecular flexibility index (Phi) is 3.45. The average Bonchev–Trinajstić information content (AvgIpc) is 2.82. The number of ether oxygens (including phenoxy) is 1. The summed E-state index contributed by atoms with van der Waals surface area (Å²) in [5.41, 5.74) is 0.634. The first-order chi connectivity index (χ1) is 9.61. The molecule has 0 saturated heterocycles. The molecule has 3 atom stereocenters. The van der Waals surface area contributed by atoms with Gasteiger partial charge in [-0.25, -0.2) is 0 Å². The van der Waals surface area contributed by atoms with Gasteiger partial charge in [-0.15, -0.1) is 0 Å². The monoisotopic (exact) mass is 274 g/mol. The Morgan fingerprint density at radius 2 is 2.25 bits per heavy atom. The van der Waals surface area contributed by atoms with Crippen LogP contribution in [0.15, 0.2) is 24.3 Å². The van der Waals surface area contributed by atoms with Crippen molar-refractivity contribution in [1.29, 1.82) is 0 Å². The van der Waals surface area contributed by atoms with Gasteiger partial charge < -0.3 is 9.84 Å². The van der Waals surface area contributed by atoms with E-state index in [0.29, 0.717) is 18.9 Å². The van der Waals surface area contributed by atoms with E-state index in [0.717, 1.165) is 31.4 Å². The van der Waals surface area contributed by atoms with Gasteiger partial charge in [-0.3, -0.25) is 4.79 Å². The Morgan fingerprint density at radius 3 is 3.00 bits per heavy atom. The fraction of sp³-hybridized carbons (Fsp3) is 0.588. The van der Waals surface area contributed by atoms with Crippen molar-refractivity contribution in [2.75, 3.05) is 6.61 Å². The van der Waals surface area contributed by atoms with Gasteiger partial charge >= 0.3 is 5.97 Å². The molecule has 0 radical (unpaired) electrons. The van der Waals surface area contributed by atoms with E-state index in [2.05, 4.69) is 13.0 Å². The Balaban J connectivity index is 1.83. The second-order valence-corrected chi connectivity index (χ2v) is 6.54. The second-order valence-electron chi connectivity index (χ2n) is 6.54. The van der Waals surface area contributed by atoms with Gasteiger partial charge in [0.2, 0.25) is 0 Å². The van der Waals surface area contributed by atoms with Crippen LogP contribution in [0.1, 0.15) is 50.5 Å². The van der Waals surface area contributed by atoms with E-state index in [1.54, 1.807) is 0 Å². The Labute approximate surface area is 120 Å². The minimum atomic E-state index is -0.617. The van der Waals surface area contributed by atoms with Crippen LogP contribution in [0.25, 0.3) is 0 Å². The van der Waals surface area contributed by atoms with Crippen LogP contribution in [0.4, 0.5) is 0 Å². The number of para-hydroxylation sites is 1. The highest BCUT2D eigenvalue weighted by atomic mass is 16.5. The van der Waals surface area contributed by atoms with E-state index in [-0.39, 0.29) is 5.92 Å². The molecule has 0 amide bonds. The molecule has 2 aliphatic rings. The van der Waals surface area contributed by atoms with E-state index in [9.17, 15) is 9.90 Å². The van der Waals surface area contributed by atoms with Gasteiger partial charge in [-0.05, 0) is 31.2 Å². The largest absolute Gasteiger partial charge is 0.493 e. The summed E-state index contributed by atoms with van der Waals surface area (Å²) >= 11 is 0. The standard InChI is InChI=1S/C17H22O3/c1-12-5-4-8-17(9-12,16(18)19)10-13-11-20-15-7-3-2-6-14(13)15/h2-3,6-7,12-13H,4-5,8-11H2,1H3,(H,18,19). The summed E-state index contributed by atoms with van der Waals surface area (Å²) in [4.78, 5) is 11.9. The molecule has 3 nitrogen and oxygen atoms in total. The van der Waals surface area contributed by atoms with E-state index >= 15 is 0 Å². The Bertz CT molecular complexity index is 511. The summed E-state index contributed by atoms with van der Waals surface area (Å²) in [6, 6.07) is 8.04. The summed E-state index contributed by atoms with van der Waals surface area (Å²) in [5.74, 6) is 1.06. The van der Waals surface area contributed by atoms with Crippen molar-refractivity contribution in [3.8, 4) is 5.75 Å². The van der Waals surface area contributed by atoms with Crippen molar-refractivity contribution >= 4 is 5.97 Å². The van der Waals surface area contributed by atoms with Crippen molar-refractivity contribution < 1.29 is 14.6 Å². The Hall–Kier alpha value is -1.51. The maximum Gasteiger partial charge on any atom is 0.309 e. The van der Waals surface area contributed by atoms with Crippen LogP contribution in [-0.4, -0.2) is 17.7 Å². The van der Waals surface area contributed by atoms with Crippen LogP contribution < -0.4 is 4.74 Å². The van der Waals surface area contributed by atoms with E-state index in [1.165, 1.54) is 5.56 Å². The number of rotatable bonds is 3. The molecule has 3 heteroatoms. The number of carboxylic acids is 1. The van der Waals surface area contributed by atoms with Crippen LogP contribution >= 0.6 is 0 Å². The van der Waals surface area contributed by atoms with Crippen LogP contribution in [0.2, 0.25) is 0 Å². The number of carbonyl (C=O) groups is 1. The minimum absolute atomic E-state index is 0.229. The van der Waals surface area contributed by atoms with Gasteiger partial charge in [0.15, 0.2) is 0 Å². The third-order valence-corrected chi connectivity index (χ3v) is 4.98. The predicted octanol–water partition coefficient (Wildman–Crippen LogP) is 3.83. The molecule has 0 bridgehead atoms. The van der Waals surface area contributed by atoms with E-state index in [1.807, 2.05) is 18.2 Å². The lowest BCUT2D eigenvalue weighted by molar-refractivity contribution is -0.153. The SMILES string of the molecule is CC1CCCC(CC2COc3ccccc32)(C(=O)O)C1. The molecule has 1 aromatic rings. The van der Waals surface area contributed by atoms with Gasteiger partial charge in [0.25, 0.3) is 0 Å². The molecule has 20 heavy (non-hydrogen) atoms. The molecule has 1 aromatic carbocycles. The molecule has 1 aliphatic heterocycles. The molecule has 1 saturated carbocycles. The smallest absolute Gasteiger partial charge is 0.309 e. The van der Waals surface area contributed by atoms with E-state index < -0.39 is 11.4 Å². The zero-order valence-corrected chi connectivity index (χ0v) is 12.0. The van der Waals surface area contributed by atoms with Crippen LogP contribution in [0.5, 0.6) is 5.75 Å². The quantitative estimate of drug-likeness (QED) is 0.911. The van der Waals surface area contributed by atoms with Crippen LogP contribution in [0.3, 0.4) is 0 Å². The number of carboxylic acid groups (broad SMARTS) is 1. The summed E-state index contributed by atoms with van der Waals surface area (Å²) in [5, 5.41) is 9.77. The number of hydrogen-bond acceptors (Lipinski definition) is 2. The number of fused-ring (bicyclic) bond motifs is 1. The minimum Gasteiger partial charge on any atom is -0.493 e. The first kappa shape index (κ1) is 13.5. The molecule has 3 unspecified atom stereocenters. The molecule has 1 aliphatic carbocycles. The highest BCUT2D eigenvalue weighted by Gasteiger charge is 2.44. The normalized spacial score (nSPS) is 32.5. The molecule has 3 rings (SSSR count). The van der Waals surface area contributed by atoms with Crippen molar-refractivity contribution in [2.24, 2.45) is 11.3 Å². The lowest BCUT2D eigenvalue weighted by Gasteiger charge is -2.38. The van der Waals surface area contributed by atoms with Gasteiger partial charge in [0.05, 0.1) is 12.0 Å². The van der Waals surface area contributed by atoms with Crippen molar-refractivity contribution in [1.82, 2.24) is 0 Å². The molecule has 108 valence electrons. The third-order valence-electron chi connectivity index (χ3n) is 4.98. The lowest BCUT2D eigenvalue weighted by Crippen LogP contribution is -2.37. The van der Waals surface area contributed by atoms with Crippen molar-refractivity contribution in [3.63, 3.8) is 0 Å². The fourth-order valence-corrected chi connectivity index (χ4v) is 4.00. The second kappa shape index (κ2) is 5.12. The van der Waals surface area contributed by atoms with Crippen molar-refractivity contribution in [3.05, 3.63) is 29.8 Å². The predicted molar refractivity (Wildman–Crippen MR) is 77.0 cm³/mol. The van der Waals surface area contributed by atoms with Gasteiger partial charge in [-0.1, -0.05) is 38.0 Å². The summed E-state index contributed by atoms with van der Waals surface area (Å²) < 4.78 is 5.71. The number of benzene rings is 1. The highest BCUT2D eigenvalue weighted by molar-refractivity contribution is 5.75. The topological polar surface area (TPSA) is 46.5 Å². The van der Waals surface area contributed by atoms with Crippen molar-refractivity contribution in [2.45, 2.75) is 44.9 Å². The molecule has 0 aromatic heterocycles. The average molecular weight is 274 g/mol. The molecule has 1 heterocycles. The molecular weight excluding hydrogens is 252 g/mol. The fourth-order valence-electron chi connectivity index (χ4n) is 4.00. The van der Waals surface area contributed by atoms with E-state index in [4.69, 9.17) is 4.74 Å². The summed E-state index contributed by atoms with van der Waals surface area (Å²) in [6.45, 7) is 2.80. The van der Waals surface area contributed by atoms with Crippen LogP contribution in [-0.2, 0) is 4.79 Å². The first-order valence-electron chi connectivity index (χ1n) is 7.56. The Morgan fingerprint density at radius 1 is 1.45 bits per heavy atom. The van der Waals surface area contributed by atoms with Crippen LogP contribution in [0, 0.1) is 11.3 Å². The first-order valence-corrected chi connectivity index (χ1v) is 7.56. The number of hydrogen-bond donors (Lipinski definition) is 1. The zero-order chi connectivity index (χ0) is 14.2. The zero-order valence-electron chi connectivity index (χ0n) is 12.0. The third kappa shape index (κ3) is 2.30. The van der Waals surface area contributed by atoms with Gasteiger partial charge in [0.1, 0.15) is 5.75 Å². The maximum atomic E-state index is 11.9. The lowest BCUT2D eigenvalue weighted by atomic mass is 9.65. The number of aliphatic carboxylic acids is 1. The molecule has 0 spiro atoms. The molecule has 1 N–H and O–H groups in total. The summed E-state index contributed by atoms with van der Waals surface area (Å²) in [7, 11) is 0. The molecule has 1 fully saturated rings. The highest BCUT2D eigenvalue weighted by Crippen LogP contribution is 2.48. The molecular formula is C17H22O3. The maximum absolute atomic E-state index is 11.9. The van der Waals surface area contributed by atoms with Gasteiger partial charge in [0, 0.05) is 11.5 Å². The summed E-state index contributed by atoms with van der Waals surface area (Å²) in [6.07, 6.45) is 4.52.